The van der Waals surface area contributed by atoms with Gasteiger partial charge in [-0.15, -0.1) is 0 Å². The third-order valence-corrected chi connectivity index (χ3v) is 5.14. The van der Waals surface area contributed by atoms with Gasteiger partial charge in [0, 0.05) is 25.0 Å². The number of hydrogen-bond acceptors (Lipinski definition) is 3. The number of alkyl halides is 3. The minimum absolute atomic E-state index is 0.0199. The Bertz CT molecular complexity index is 1370. The lowest BCUT2D eigenvalue weighted by molar-refractivity contribution is -0.137. The molecule has 0 aliphatic carbocycles. The van der Waals surface area contributed by atoms with Crippen molar-refractivity contribution in [3.63, 3.8) is 0 Å². The van der Waals surface area contributed by atoms with E-state index < -0.39 is 29.3 Å². The number of nitrogens with zero attached hydrogens (tertiary/aromatic N) is 2. The van der Waals surface area contributed by atoms with Crippen LogP contribution in [0.15, 0.2) is 73.1 Å². The van der Waals surface area contributed by atoms with Crippen molar-refractivity contribution in [3.05, 3.63) is 107 Å². The van der Waals surface area contributed by atoms with Crippen LogP contribution >= 0.6 is 11.6 Å². The molecule has 5 nitrogen and oxygen atoms in total. The number of nitrogens with one attached hydrogen (secondary N) is 1. The summed E-state index contributed by atoms with van der Waals surface area (Å²) in [4.78, 5) is 16.5. The second-order valence-corrected chi connectivity index (χ2v) is 7.70. The van der Waals surface area contributed by atoms with E-state index in [1.165, 1.54) is 29.0 Å². The molecule has 4 aromatic rings. The van der Waals surface area contributed by atoms with Gasteiger partial charge in [0.15, 0.2) is 17.5 Å². The highest BCUT2D eigenvalue weighted by molar-refractivity contribution is 6.32. The van der Waals surface area contributed by atoms with Crippen LogP contribution in [-0.4, -0.2) is 15.5 Å². The van der Waals surface area contributed by atoms with Crippen LogP contribution in [0, 0.1) is 11.6 Å². The SMILES string of the molecule is O=C(NCc1ccc(Oc2ccc(F)c(F)c2)cc1)c1cccn1-c1ncc(C(F)(F)F)cc1Cl. The molecule has 35 heavy (non-hydrogen) atoms. The average Bonchev–Trinajstić information content (AvgIpc) is 3.30. The number of ether oxygens (including phenoxy) is 1. The summed E-state index contributed by atoms with van der Waals surface area (Å²) in [6.45, 7) is 0.129. The van der Waals surface area contributed by atoms with Crippen molar-refractivity contribution in [1.29, 1.82) is 0 Å². The average molecular weight is 508 g/mol. The molecule has 0 radical (unpaired) electrons. The zero-order valence-corrected chi connectivity index (χ0v) is 18.4. The fourth-order valence-corrected chi connectivity index (χ4v) is 3.40. The van der Waals surface area contributed by atoms with Gasteiger partial charge in [-0.25, -0.2) is 13.8 Å². The molecule has 0 aliphatic heterocycles. The monoisotopic (exact) mass is 507 g/mol. The highest BCUT2D eigenvalue weighted by Crippen LogP contribution is 2.32. The number of halogens is 6. The summed E-state index contributed by atoms with van der Waals surface area (Å²) in [6.07, 6.45) is -2.49. The first-order chi connectivity index (χ1) is 16.6. The molecule has 0 saturated carbocycles. The molecule has 4 rings (SSSR count). The van der Waals surface area contributed by atoms with Gasteiger partial charge in [-0.3, -0.25) is 9.36 Å². The van der Waals surface area contributed by atoms with E-state index in [4.69, 9.17) is 16.3 Å². The van der Waals surface area contributed by atoms with Crippen LogP contribution < -0.4 is 10.1 Å². The number of carbonyl (C=O) groups excluding carboxylic acids is 1. The lowest BCUT2D eigenvalue weighted by Gasteiger charge is -2.13. The molecule has 1 N–H and O–H groups in total. The molecule has 11 heteroatoms. The van der Waals surface area contributed by atoms with Crippen molar-refractivity contribution in [1.82, 2.24) is 14.9 Å². The van der Waals surface area contributed by atoms with E-state index in [1.807, 2.05) is 0 Å². The topological polar surface area (TPSA) is 56.1 Å². The van der Waals surface area contributed by atoms with Crippen LogP contribution in [0.4, 0.5) is 22.0 Å². The molecule has 180 valence electrons. The van der Waals surface area contributed by atoms with Crippen LogP contribution in [0.1, 0.15) is 21.6 Å². The Balaban J connectivity index is 1.42. The van der Waals surface area contributed by atoms with Crippen LogP contribution in [0.3, 0.4) is 0 Å². The number of pyridine rings is 1. The van der Waals surface area contributed by atoms with Crippen molar-refractivity contribution in [3.8, 4) is 17.3 Å². The van der Waals surface area contributed by atoms with Gasteiger partial charge in [-0.1, -0.05) is 23.7 Å². The smallest absolute Gasteiger partial charge is 0.417 e. The fourth-order valence-electron chi connectivity index (χ4n) is 3.14. The van der Waals surface area contributed by atoms with Crippen LogP contribution in [-0.2, 0) is 12.7 Å². The first kappa shape index (κ1) is 24.2. The van der Waals surface area contributed by atoms with Gasteiger partial charge in [0.2, 0.25) is 0 Å². The number of aromatic nitrogens is 2. The lowest BCUT2D eigenvalue weighted by Crippen LogP contribution is -2.25. The van der Waals surface area contributed by atoms with Crippen molar-refractivity contribution in [2.75, 3.05) is 0 Å². The molecule has 0 fully saturated rings. The number of carbonyl (C=O) groups is 1. The van der Waals surface area contributed by atoms with Gasteiger partial charge in [0.1, 0.15) is 17.2 Å². The summed E-state index contributed by atoms with van der Waals surface area (Å²) in [6, 6.07) is 13.5. The second kappa shape index (κ2) is 9.75. The molecular formula is C24H15ClF5N3O2. The highest BCUT2D eigenvalue weighted by atomic mass is 35.5. The minimum Gasteiger partial charge on any atom is -0.457 e. The normalized spacial score (nSPS) is 11.4. The second-order valence-electron chi connectivity index (χ2n) is 7.30. The van der Waals surface area contributed by atoms with Gasteiger partial charge in [0.05, 0.1) is 10.6 Å². The van der Waals surface area contributed by atoms with Crippen LogP contribution in [0.5, 0.6) is 11.5 Å². The van der Waals surface area contributed by atoms with Crippen LogP contribution in [0.2, 0.25) is 5.02 Å². The summed E-state index contributed by atoms with van der Waals surface area (Å²) in [7, 11) is 0. The zero-order chi connectivity index (χ0) is 25.2. The summed E-state index contributed by atoms with van der Waals surface area (Å²) >= 11 is 6.00. The largest absolute Gasteiger partial charge is 0.457 e. The third-order valence-electron chi connectivity index (χ3n) is 4.86. The Labute approximate surface area is 200 Å². The standard InChI is InChI=1S/C24H15ClF5N3O2/c25-18-10-15(24(28,29)30)13-31-22(18)33-9-1-2-21(33)23(34)32-12-14-3-5-16(6-4-14)35-17-7-8-19(26)20(27)11-17/h1-11,13H,12H2,(H,32,34). The Morgan fingerprint density at radius 2 is 1.71 bits per heavy atom. The molecule has 0 saturated heterocycles. The first-order valence-electron chi connectivity index (χ1n) is 10.0. The van der Waals surface area contributed by atoms with E-state index in [0.29, 0.717) is 17.5 Å². The van der Waals surface area contributed by atoms with E-state index in [-0.39, 0.29) is 28.8 Å². The lowest BCUT2D eigenvalue weighted by atomic mass is 10.2. The molecule has 2 aromatic heterocycles. The maximum absolute atomic E-state index is 13.3. The maximum Gasteiger partial charge on any atom is 0.417 e. The minimum atomic E-state index is -4.60. The van der Waals surface area contributed by atoms with Gasteiger partial charge >= 0.3 is 6.18 Å². The molecule has 0 unspecified atom stereocenters. The van der Waals surface area contributed by atoms with E-state index >= 15 is 0 Å². The quantitative estimate of drug-likeness (QED) is 0.301. The van der Waals surface area contributed by atoms with Crippen LogP contribution in [0.25, 0.3) is 5.82 Å². The fraction of sp³-hybridized carbons (Fsp3) is 0.0833. The molecule has 0 bridgehead atoms. The summed E-state index contributed by atoms with van der Waals surface area (Å²) in [5.41, 5.74) is -0.168. The van der Waals surface area contributed by atoms with Gasteiger partial charge in [-0.05, 0) is 48.0 Å². The number of rotatable bonds is 6. The Morgan fingerprint density at radius 1 is 1.00 bits per heavy atom. The highest BCUT2D eigenvalue weighted by Gasteiger charge is 2.32. The van der Waals surface area contributed by atoms with E-state index in [9.17, 15) is 26.7 Å². The molecule has 2 heterocycles. The Kier molecular flexibility index (Phi) is 6.74. The van der Waals surface area contributed by atoms with Crippen molar-refractivity contribution in [2.45, 2.75) is 12.7 Å². The van der Waals surface area contributed by atoms with Gasteiger partial charge in [-0.2, -0.15) is 13.2 Å². The van der Waals surface area contributed by atoms with E-state index in [2.05, 4.69) is 10.3 Å². The zero-order valence-electron chi connectivity index (χ0n) is 17.6. The maximum atomic E-state index is 13.3. The van der Waals surface area contributed by atoms with Crippen molar-refractivity contribution >= 4 is 17.5 Å². The Hall–Kier alpha value is -3.92. The molecule has 1 amide bonds. The molecule has 0 aliphatic rings. The third kappa shape index (κ3) is 5.60. The summed E-state index contributed by atoms with van der Waals surface area (Å²) in [5, 5.41) is 2.44. The number of hydrogen-bond donors (Lipinski definition) is 1. The summed E-state index contributed by atoms with van der Waals surface area (Å²) < 4.78 is 71.7. The molecule has 0 atom stereocenters. The molecular weight excluding hydrogens is 493 g/mol. The number of amides is 1. The van der Waals surface area contributed by atoms with Crippen molar-refractivity contribution in [2.24, 2.45) is 0 Å². The number of benzene rings is 2. The predicted octanol–water partition coefficient (Wildman–Crippen LogP) is 6.55. The molecule has 0 spiro atoms. The predicted molar refractivity (Wildman–Crippen MR) is 118 cm³/mol. The molecule has 2 aromatic carbocycles. The van der Waals surface area contributed by atoms with Gasteiger partial charge < -0.3 is 10.1 Å². The van der Waals surface area contributed by atoms with E-state index in [0.717, 1.165) is 18.2 Å². The Morgan fingerprint density at radius 3 is 2.37 bits per heavy atom. The van der Waals surface area contributed by atoms with Crippen molar-refractivity contribution < 1.29 is 31.5 Å². The first-order valence-corrected chi connectivity index (χ1v) is 10.4. The summed E-state index contributed by atoms with van der Waals surface area (Å²) in [5.74, 6) is -2.03. The van der Waals surface area contributed by atoms with Gasteiger partial charge in [0.25, 0.3) is 5.91 Å². The van der Waals surface area contributed by atoms with E-state index in [1.54, 1.807) is 24.3 Å².